The minimum absolute atomic E-state index is 0.186. The number of hydrogen-bond donors (Lipinski definition) is 1. The number of aromatic nitrogens is 3. The first-order valence-corrected chi connectivity index (χ1v) is 9.77. The molecule has 4 rings (SSSR count). The van der Waals surface area contributed by atoms with E-state index in [1.165, 1.54) is 0 Å². The van der Waals surface area contributed by atoms with Gasteiger partial charge in [0.1, 0.15) is 18.0 Å². The van der Waals surface area contributed by atoms with E-state index in [0.717, 1.165) is 22.4 Å². The van der Waals surface area contributed by atoms with Gasteiger partial charge < -0.3 is 14.4 Å². The first-order chi connectivity index (χ1) is 14.5. The highest BCUT2D eigenvalue weighted by molar-refractivity contribution is 5.55. The van der Waals surface area contributed by atoms with Crippen molar-refractivity contribution in [2.75, 3.05) is 0 Å². The Balaban J connectivity index is 1.47. The number of aliphatic hydroxyl groups is 1. The van der Waals surface area contributed by atoms with Crippen molar-refractivity contribution in [3.63, 3.8) is 0 Å². The number of benzene rings is 2. The van der Waals surface area contributed by atoms with Gasteiger partial charge in [0.25, 0.3) is 5.89 Å². The van der Waals surface area contributed by atoms with Gasteiger partial charge >= 0.3 is 0 Å². The molecule has 6 nitrogen and oxygen atoms in total. The topological polar surface area (TPSA) is 81.3 Å². The molecule has 4 aromatic rings. The largest absolute Gasteiger partial charge is 0.489 e. The molecular formula is C24H23N3O3. The van der Waals surface area contributed by atoms with Crippen LogP contribution in [0, 0.1) is 0 Å². The first kappa shape index (κ1) is 19.8. The summed E-state index contributed by atoms with van der Waals surface area (Å²) in [5.74, 6) is 1.13. The zero-order chi connectivity index (χ0) is 21.0. The second-order valence-electron chi connectivity index (χ2n) is 7.38. The van der Waals surface area contributed by atoms with E-state index in [1.54, 1.807) is 19.3 Å². The van der Waals surface area contributed by atoms with Crippen LogP contribution in [-0.4, -0.2) is 20.2 Å². The smallest absolute Gasteiger partial charge is 0.259 e. The average Bonchev–Trinajstić information content (AvgIpc) is 3.30. The normalized spacial score (nSPS) is 14.1. The van der Waals surface area contributed by atoms with Crippen molar-refractivity contribution in [2.45, 2.75) is 32.0 Å². The van der Waals surface area contributed by atoms with Crippen LogP contribution in [0.25, 0.3) is 11.4 Å². The van der Waals surface area contributed by atoms with Crippen molar-refractivity contribution >= 4 is 0 Å². The predicted octanol–water partition coefficient (Wildman–Crippen LogP) is 4.72. The molecule has 0 saturated carbocycles. The maximum absolute atomic E-state index is 11.1. The van der Waals surface area contributed by atoms with Crippen molar-refractivity contribution in [3.05, 3.63) is 96.1 Å². The zero-order valence-electron chi connectivity index (χ0n) is 16.9. The van der Waals surface area contributed by atoms with Crippen LogP contribution in [0.3, 0.4) is 0 Å². The second kappa shape index (κ2) is 8.47. The molecule has 6 heteroatoms. The van der Waals surface area contributed by atoms with Crippen LogP contribution in [0.5, 0.6) is 5.75 Å². The maximum atomic E-state index is 11.1. The van der Waals surface area contributed by atoms with Crippen molar-refractivity contribution in [3.8, 4) is 17.1 Å². The van der Waals surface area contributed by atoms with Gasteiger partial charge in [-0.05, 0) is 42.8 Å². The Morgan fingerprint density at radius 3 is 2.50 bits per heavy atom. The maximum Gasteiger partial charge on any atom is 0.259 e. The Kier molecular flexibility index (Phi) is 5.59. The van der Waals surface area contributed by atoms with Crippen LogP contribution < -0.4 is 4.74 Å². The summed E-state index contributed by atoms with van der Waals surface area (Å²) in [5.41, 5.74) is 1.48. The highest BCUT2D eigenvalue weighted by Crippen LogP contribution is 2.36. The Morgan fingerprint density at radius 1 is 1.03 bits per heavy atom. The monoisotopic (exact) mass is 401 g/mol. The van der Waals surface area contributed by atoms with Gasteiger partial charge in [-0.3, -0.25) is 4.98 Å². The number of pyridine rings is 1. The summed E-state index contributed by atoms with van der Waals surface area (Å²) in [6.45, 7) is 4.07. The molecule has 0 aliphatic heterocycles. The third-order valence-electron chi connectivity index (χ3n) is 5.24. The molecule has 0 fully saturated rings. The Hall–Kier alpha value is -3.51. The van der Waals surface area contributed by atoms with E-state index in [-0.39, 0.29) is 11.8 Å². The summed E-state index contributed by atoms with van der Waals surface area (Å²) in [6, 6.07) is 21.1. The number of rotatable bonds is 7. The summed E-state index contributed by atoms with van der Waals surface area (Å²) in [6.07, 6.45) is 3.51. The Bertz CT molecular complexity index is 1080. The summed E-state index contributed by atoms with van der Waals surface area (Å²) in [5, 5.41) is 15.1. The summed E-state index contributed by atoms with van der Waals surface area (Å²) >= 11 is 0. The lowest BCUT2D eigenvalue weighted by Crippen LogP contribution is -2.28. The molecule has 0 radical (unpaired) electrons. The first-order valence-electron chi connectivity index (χ1n) is 9.77. The molecule has 0 spiro atoms. The van der Waals surface area contributed by atoms with Crippen molar-refractivity contribution < 1.29 is 14.4 Å². The van der Waals surface area contributed by atoms with Gasteiger partial charge in [-0.15, -0.1) is 0 Å². The quantitative estimate of drug-likeness (QED) is 0.482. The summed E-state index contributed by atoms with van der Waals surface area (Å²) in [4.78, 5) is 8.52. The van der Waals surface area contributed by atoms with Crippen molar-refractivity contribution in [1.29, 1.82) is 0 Å². The van der Waals surface area contributed by atoms with Crippen molar-refractivity contribution in [1.82, 2.24) is 15.1 Å². The summed E-state index contributed by atoms with van der Waals surface area (Å²) in [7, 11) is 0. The molecule has 0 amide bonds. The van der Waals surface area contributed by atoms with E-state index < -0.39 is 5.60 Å². The lowest BCUT2D eigenvalue weighted by Gasteiger charge is -2.26. The van der Waals surface area contributed by atoms with Gasteiger partial charge in [-0.2, -0.15) is 4.98 Å². The third kappa shape index (κ3) is 4.23. The molecule has 2 aromatic carbocycles. The van der Waals surface area contributed by atoms with E-state index in [9.17, 15) is 5.11 Å². The fourth-order valence-corrected chi connectivity index (χ4v) is 3.15. The van der Waals surface area contributed by atoms with Gasteiger partial charge in [0.05, 0.1) is 0 Å². The van der Waals surface area contributed by atoms with E-state index in [4.69, 9.17) is 9.26 Å². The Morgan fingerprint density at radius 2 is 1.80 bits per heavy atom. The highest BCUT2D eigenvalue weighted by atomic mass is 16.5. The van der Waals surface area contributed by atoms with Crippen LogP contribution in [0.4, 0.5) is 0 Å². The van der Waals surface area contributed by atoms with Crippen LogP contribution >= 0.6 is 0 Å². The zero-order valence-corrected chi connectivity index (χ0v) is 16.9. The number of nitrogens with zero attached hydrogens (tertiary/aromatic N) is 3. The number of hydrogen-bond acceptors (Lipinski definition) is 6. The predicted molar refractivity (Wildman–Crippen MR) is 113 cm³/mol. The third-order valence-corrected chi connectivity index (χ3v) is 5.24. The second-order valence-corrected chi connectivity index (χ2v) is 7.38. The molecule has 2 heterocycles. The van der Waals surface area contributed by atoms with Crippen molar-refractivity contribution in [2.24, 2.45) is 0 Å². The molecule has 2 atom stereocenters. The van der Waals surface area contributed by atoms with Gasteiger partial charge in [-0.25, -0.2) is 0 Å². The molecule has 0 aliphatic carbocycles. The van der Waals surface area contributed by atoms with Crippen LogP contribution in [0.15, 0.2) is 83.6 Å². The van der Waals surface area contributed by atoms with E-state index in [2.05, 4.69) is 15.1 Å². The molecule has 0 saturated heterocycles. The minimum Gasteiger partial charge on any atom is -0.489 e. The molecule has 0 bridgehead atoms. The van der Waals surface area contributed by atoms with Gasteiger partial charge in [-0.1, -0.05) is 48.5 Å². The van der Waals surface area contributed by atoms with Gasteiger partial charge in [0, 0.05) is 29.4 Å². The lowest BCUT2D eigenvalue weighted by molar-refractivity contribution is 0.000604. The van der Waals surface area contributed by atoms with E-state index in [0.29, 0.717) is 12.4 Å². The van der Waals surface area contributed by atoms with E-state index in [1.807, 2.05) is 73.7 Å². The SMILES string of the molecule is C[C@H](c1ccccc1)[C@](C)(O)c1nc(-c2ccc(OCc3cccnc3)cc2)no1. The fourth-order valence-electron chi connectivity index (χ4n) is 3.15. The number of ether oxygens (including phenoxy) is 1. The molecule has 152 valence electrons. The molecule has 2 aromatic heterocycles. The fraction of sp³-hybridized carbons (Fsp3) is 0.208. The molecular weight excluding hydrogens is 378 g/mol. The van der Waals surface area contributed by atoms with Crippen LogP contribution in [0.1, 0.15) is 36.8 Å². The van der Waals surface area contributed by atoms with Crippen LogP contribution in [0.2, 0.25) is 0 Å². The average molecular weight is 401 g/mol. The van der Waals surface area contributed by atoms with Gasteiger partial charge in [0.15, 0.2) is 0 Å². The van der Waals surface area contributed by atoms with E-state index >= 15 is 0 Å². The van der Waals surface area contributed by atoms with Crippen LogP contribution in [-0.2, 0) is 12.2 Å². The highest BCUT2D eigenvalue weighted by Gasteiger charge is 2.37. The summed E-state index contributed by atoms with van der Waals surface area (Å²) < 4.78 is 11.2. The standard InChI is InChI=1S/C24H23N3O3/c1-17(19-8-4-3-5-9-19)24(2,28)23-26-22(27-30-23)20-10-12-21(13-11-20)29-16-18-7-6-14-25-15-18/h3-15,17,28H,16H2,1-2H3/t17-,24+/m1/s1. The molecule has 0 unspecified atom stereocenters. The minimum atomic E-state index is -1.29. The Labute approximate surface area is 175 Å². The molecule has 1 N–H and O–H groups in total. The molecule has 30 heavy (non-hydrogen) atoms. The molecule has 0 aliphatic rings. The van der Waals surface area contributed by atoms with Gasteiger partial charge in [0.2, 0.25) is 5.82 Å². The lowest BCUT2D eigenvalue weighted by atomic mass is 9.85.